The molecule has 0 bridgehead atoms. The van der Waals surface area contributed by atoms with E-state index < -0.39 is 0 Å². The Morgan fingerprint density at radius 2 is 0.973 bits per heavy atom. The first-order chi connectivity index (χ1) is 34.9. The minimum Gasteiger partial charge on any atom is -0.457 e. The summed E-state index contributed by atoms with van der Waals surface area (Å²) in [4.78, 5) is 10.0. The van der Waals surface area contributed by atoms with Gasteiger partial charge in [-0.3, -0.25) is 4.57 Å². The third-order valence-electron chi connectivity index (χ3n) is 15.4. The van der Waals surface area contributed by atoms with Gasteiger partial charge in [0.25, 0.3) is 0 Å². The van der Waals surface area contributed by atoms with Gasteiger partial charge in [0, 0.05) is 51.3 Å². The van der Waals surface area contributed by atoms with Crippen molar-refractivity contribution in [2.75, 3.05) is 16.5 Å². The maximum absolute atomic E-state index is 7.19. The Morgan fingerprint density at radius 1 is 0.384 bits per heavy atom. The molecule has 364 valence electrons. The minimum absolute atomic E-state index is 0.0400. The van der Waals surface area contributed by atoms with Gasteiger partial charge in [0.15, 0.2) is 0 Å². The SMILES string of the molecule is CC(C)(C)c1cc(-c2ccccc2)cc(N2CN(c3cc(Oc4ccc5c6ccccc6n(-c6cc(C(C)(C)c7ccccc7)ccn6)c5c4)cc(C(C)(C)c4ccccc4)c3)c3ccc(C(C)(C)C)cc32)c1. The first-order valence-corrected chi connectivity index (χ1v) is 25.8. The van der Waals surface area contributed by atoms with Crippen LogP contribution >= 0.6 is 0 Å². The highest BCUT2D eigenvalue weighted by atomic mass is 16.5. The Morgan fingerprint density at radius 3 is 1.66 bits per heavy atom. The largest absolute Gasteiger partial charge is 0.457 e. The predicted octanol–water partition coefficient (Wildman–Crippen LogP) is 18.1. The number of benzene rings is 8. The van der Waals surface area contributed by atoms with Gasteiger partial charge in [0.1, 0.15) is 24.0 Å². The first kappa shape index (κ1) is 47.4. The van der Waals surface area contributed by atoms with E-state index in [0.29, 0.717) is 6.67 Å². The van der Waals surface area contributed by atoms with Crippen LogP contribution in [0.4, 0.5) is 22.7 Å². The lowest BCUT2D eigenvalue weighted by molar-refractivity contribution is 0.480. The topological polar surface area (TPSA) is 33.5 Å². The molecule has 5 nitrogen and oxygen atoms in total. The molecule has 0 saturated carbocycles. The summed E-state index contributed by atoms with van der Waals surface area (Å²) in [5.74, 6) is 2.40. The van der Waals surface area contributed by atoms with E-state index in [1.54, 1.807) is 0 Å². The molecular weight excluding hydrogens is 889 g/mol. The second-order valence-electron chi connectivity index (χ2n) is 23.1. The number of fused-ring (bicyclic) bond motifs is 4. The number of hydrogen-bond acceptors (Lipinski definition) is 4. The molecule has 2 aromatic heterocycles. The second kappa shape index (κ2) is 18.0. The molecule has 8 aromatic carbocycles. The Balaban J connectivity index is 1.05. The highest BCUT2D eigenvalue weighted by Gasteiger charge is 2.33. The van der Waals surface area contributed by atoms with E-state index in [0.717, 1.165) is 50.7 Å². The number of ether oxygens (including phenoxy) is 1. The number of anilines is 4. The molecule has 0 atom stereocenters. The van der Waals surface area contributed by atoms with E-state index in [1.165, 1.54) is 55.7 Å². The average molecular weight is 955 g/mol. The Labute approximate surface area is 432 Å². The highest BCUT2D eigenvalue weighted by Crippen LogP contribution is 2.49. The van der Waals surface area contributed by atoms with Crippen LogP contribution in [0.15, 0.2) is 206 Å². The summed E-state index contributed by atoms with van der Waals surface area (Å²) in [6.07, 6.45) is 1.95. The summed E-state index contributed by atoms with van der Waals surface area (Å²) in [6.45, 7) is 23.7. The van der Waals surface area contributed by atoms with Crippen molar-refractivity contribution in [1.29, 1.82) is 0 Å². The van der Waals surface area contributed by atoms with Crippen molar-refractivity contribution in [2.45, 2.75) is 90.9 Å². The van der Waals surface area contributed by atoms with Crippen LogP contribution in [0.1, 0.15) is 103 Å². The van der Waals surface area contributed by atoms with E-state index >= 15 is 0 Å². The van der Waals surface area contributed by atoms with Crippen molar-refractivity contribution < 1.29 is 4.74 Å². The van der Waals surface area contributed by atoms with Gasteiger partial charge in [-0.05, 0) is 122 Å². The van der Waals surface area contributed by atoms with Gasteiger partial charge in [-0.25, -0.2) is 4.98 Å². The monoisotopic (exact) mass is 955 g/mol. The van der Waals surface area contributed by atoms with Crippen molar-refractivity contribution >= 4 is 44.6 Å². The lowest BCUT2D eigenvalue weighted by atomic mass is 9.78. The van der Waals surface area contributed by atoms with Gasteiger partial charge < -0.3 is 14.5 Å². The van der Waals surface area contributed by atoms with Crippen LogP contribution in [-0.4, -0.2) is 16.2 Å². The number of aromatic nitrogens is 2. The summed E-state index contributed by atoms with van der Waals surface area (Å²) in [7, 11) is 0. The maximum Gasteiger partial charge on any atom is 0.137 e. The van der Waals surface area contributed by atoms with Gasteiger partial charge in [-0.1, -0.05) is 191 Å². The maximum atomic E-state index is 7.19. The molecule has 10 aromatic rings. The summed E-state index contributed by atoms with van der Waals surface area (Å²) in [5.41, 5.74) is 15.9. The fraction of sp³-hybridized carbons (Fsp3) is 0.221. The van der Waals surface area contributed by atoms with Gasteiger partial charge in [-0.15, -0.1) is 0 Å². The molecule has 0 aliphatic carbocycles. The second-order valence-corrected chi connectivity index (χ2v) is 23.1. The molecule has 0 N–H and O–H groups in total. The zero-order valence-corrected chi connectivity index (χ0v) is 44.0. The lowest BCUT2D eigenvalue weighted by Crippen LogP contribution is -2.25. The van der Waals surface area contributed by atoms with Gasteiger partial charge in [0.2, 0.25) is 0 Å². The molecule has 0 radical (unpaired) electrons. The summed E-state index contributed by atoms with van der Waals surface area (Å²) >= 11 is 0. The molecule has 0 spiro atoms. The summed E-state index contributed by atoms with van der Waals surface area (Å²) in [6, 6.07) is 72.9. The summed E-state index contributed by atoms with van der Waals surface area (Å²) in [5, 5.41) is 2.31. The van der Waals surface area contributed by atoms with Crippen molar-refractivity contribution in [3.63, 3.8) is 0 Å². The molecule has 0 amide bonds. The van der Waals surface area contributed by atoms with Crippen LogP contribution in [0.2, 0.25) is 0 Å². The fourth-order valence-corrected chi connectivity index (χ4v) is 10.7. The average Bonchev–Trinajstić information content (AvgIpc) is 3.94. The van der Waals surface area contributed by atoms with E-state index in [2.05, 4.69) is 284 Å². The summed E-state index contributed by atoms with van der Waals surface area (Å²) < 4.78 is 9.48. The first-order valence-electron chi connectivity index (χ1n) is 25.8. The molecule has 0 saturated heterocycles. The normalized spacial score (nSPS) is 13.2. The third kappa shape index (κ3) is 8.86. The predicted molar refractivity (Wildman–Crippen MR) is 307 cm³/mol. The van der Waals surface area contributed by atoms with Crippen LogP contribution in [0.3, 0.4) is 0 Å². The molecule has 1 aliphatic rings. The Kier molecular flexibility index (Phi) is 11.7. The Bertz CT molecular complexity index is 3650. The molecule has 5 heteroatoms. The quantitative estimate of drug-likeness (QED) is 0.137. The number of para-hydroxylation sites is 1. The fourth-order valence-electron chi connectivity index (χ4n) is 10.7. The third-order valence-corrected chi connectivity index (χ3v) is 15.4. The zero-order valence-electron chi connectivity index (χ0n) is 44.0. The van der Waals surface area contributed by atoms with Crippen LogP contribution in [0.25, 0.3) is 38.8 Å². The van der Waals surface area contributed by atoms with Gasteiger partial charge in [-0.2, -0.15) is 0 Å². The zero-order chi connectivity index (χ0) is 50.9. The lowest BCUT2D eigenvalue weighted by Gasteiger charge is -2.29. The van der Waals surface area contributed by atoms with Crippen molar-refractivity contribution in [3.8, 4) is 28.4 Å². The van der Waals surface area contributed by atoms with Crippen LogP contribution in [-0.2, 0) is 21.7 Å². The van der Waals surface area contributed by atoms with E-state index in [4.69, 9.17) is 9.72 Å². The van der Waals surface area contributed by atoms with Crippen LogP contribution < -0.4 is 14.5 Å². The number of pyridine rings is 1. The molecule has 3 heterocycles. The Hall–Kier alpha value is -7.89. The van der Waals surface area contributed by atoms with E-state index in [1.807, 2.05) is 6.20 Å². The number of rotatable bonds is 10. The molecule has 11 rings (SSSR count). The van der Waals surface area contributed by atoms with Crippen molar-refractivity contribution in [2.24, 2.45) is 0 Å². The molecule has 0 unspecified atom stereocenters. The highest BCUT2D eigenvalue weighted by molar-refractivity contribution is 6.09. The van der Waals surface area contributed by atoms with Gasteiger partial charge in [0.05, 0.1) is 22.4 Å². The van der Waals surface area contributed by atoms with Crippen LogP contribution in [0.5, 0.6) is 11.5 Å². The smallest absolute Gasteiger partial charge is 0.137 e. The number of hydrogen-bond donors (Lipinski definition) is 0. The van der Waals surface area contributed by atoms with E-state index in [-0.39, 0.29) is 21.7 Å². The molecule has 73 heavy (non-hydrogen) atoms. The minimum atomic E-state index is -0.347. The standard InChI is InChI=1S/C68H66N4O/c1-65(2,3)50-30-33-61-63(41-50)71(54-37-47(46-22-14-11-15-23-46)36-52(38-54)66(4,5)6)45-70(61)55-39-53(68(9,10)49-26-18-13-19-27-49)40-57(43-55)73-56-31-32-59-58-28-20-21-29-60(58)72(62(59)44-56)64-42-51(34-35-69-64)67(7,8)48-24-16-12-17-25-48/h11-44H,45H2,1-10H3. The molecule has 1 aliphatic heterocycles. The molecular formula is C68H66N4O. The van der Waals surface area contributed by atoms with E-state index in [9.17, 15) is 0 Å². The van der Waals surface area contributed by atoms with Gasteiger partial charge >= 0.3 is 0 Å². The van der Waals surface area contributed by atoms with Crippen molar-refractivity contribution in [3.05, 3.63) is 240 Å². The number of nitrogens with zero attached hydrogens (tertiary/aromatic N) is 4. The molecule has 0 fully saturated rings. The van der Waals surface area contributed by atoms with Crippen LogP contribution in [0, 0.1) is 0 Å². The van der Waals surface area contributed by atoms with Crippen molar-refractivity contribution in [1.82, 2.24) is 9.55 Å².